The van der Waals surface area contributed by atoms with Crippen LogP contribution in [-0.4, -0.2) is 35.4 Å². The van der Waals surface area contributed by atoms with Crippen LogP contribution >= 0.6 is 0 Å². The van der Waals surface area contributed by atoms with Crippen LogP contribution < -0.4 is 10.1 Å². The van der Waals surface area contributed by atoms with Crippen molar-refractivity contribution in [1.82, 2.24) is 10.2 Å². The first kappa shape index (κ1) is 23.5. The van der Waals surface area contributed by atoms with E-state index in [4.69, 9.17) is 4.74 Å². The zero-order valence-corrected chi connectivity index (χ0v) is 19.0. The lowest BCUT2D eigenvalue weighted by atomic mass is 10.1. The van der Waals surface area contributed by atoms with Gasteiger partial charge in [0.05, 0.1) is 0 Å². The Morgan fingerprint density at radius 2 is 1.73 bits per heavy atom. The smallest absolute Gasteiger partial charge is 0.261 e. The Hall–Kier alpha value is -2.82. The number of benzene rings is 2. The molecule has 0 aliphatic carbocycles. The number of nitrogens with one attached hydrogen (secondary N) is 1. The van der Waals surface area contributed by atoms with Gasteiger partial charge in [-0.15, -0.1) is 0 Å². The van der Waals surface area contributed by atoms with Crippen LogP contribution in [0.1, 0.15) is 49.4 Å². The van der Waals surface area contributed by atoms with Crippen molar-refractivity contribution in [2.45, 2.75) is 66.6 Å². The second kappa shape index (κ2) is 10.8. The van der Waals surface area contributed by atoms with Gasteiger partial charge in [-0.2, -0.15) is 0 Å². The van der Waals surface area contributed by atoms with Crippen LogP contribution in [0.3, 0.4) is 0 Å². The predicted octanol–water partition coefficient (Wildman–Crippen LogP) is 4.32. The largest absolute Gasteiger partial charge is 0.483 e. The summed E-state index contributed by atoms with van der Waals surface area (Å²) in [6, 6.07) is 13.3. The minimum absolute atomic E-state index is 0.00755. The van der Waals surface area contributed by atoms with Crippen molar-refractivity contribution < 1.29 is 14.3 Å². The quantitative estimate of drug-likeness (QED) is 0.670. The van der Waals surface area contributed by atoms with Crippen molar-refractivity contribution in [3.05, 3.63) is 64.7 Å². The molecule has 2 rings (SSSR count). The van der Waals surface area contributed by atoms with Gasteiger partial charge in [0.25, 0.3) is 5.91 Å². The minimum atomic E-state index is -0.554. The van der Waals surface area contributed by atoms with E-state index in [1.807, 2.05) is 84.0 Å². The number of ether oxygens (including phenoxy) is 1. The zero-order chi connectivity index (χ0) is 22.3. The van der Waals surface area contributed by atoms with Gasteiger partial charge in [-0.3, -0.25) is 9.59 Å². The van der Waals surface area contributed by atoms with Crippen LogP contribution in [0.4, 0.5) is 0 Å². The molecule has 2 aromatic carbocycles. The fourth-order valence-corrected chi connectivity index (χ4v) is 3.36. The summed E-state index contributed by atoms with van der Waals surface area (Å²) in [4.78, 5) is 27.7. The number of nitrogens with zero attached hydrogens (tertiary/aromatic N) is 1. The molecule has 162 valence electrons. The highest BCUT2D eigenvalue weighted by Gasteiger charge is 2.29. The zero-order valence-electron chi connectivity index (χ0n) is 19.0. The van der Waals surface area contributed by atoms with Gasteiger partial charge in [0.15, 0.2) is 6.61 Å². The molecular weight excluding hydrogens is 376 g/mol. The molecule has 0 saturated carbocycles. The summed E-state index contributed by atoms with van der Waals surface area (Å²) in [5.41, 5.74) is 4.16. The van der Waals surface area contributed by atoms with Crippen molar-refractivity contribution in [2.24, 2.45) is 0 Å². The first-order valence-corrected chi connectivity index (χ1v) is 10.6. The second-order valence-corrected chi connectivity index (χ2v) is 8.09. The number of aryl methyl sites for hydroxylation is 3. The highest BCUT2D eigenvalue weighted by molar-refractivity contribution is 5.88. The van der Waals surface area contributed by atoms with Crippen LogP contribution in [0.25, 0.3) is 0 Å². The molecule has 1 N–H and O–H groups in total. The van der Waals surface area contributed by atoms with Gasteiger partial charge in [0.2, 0.25) is 5.91 Å². The molecule has 0 aliphatic heterocycles. The molecular formula is C25H34N2O3. The van der Waals surface area contributed by atoms with Crippen LogP contribution in [-0.2, 0) is 16.1 Å². The van der Waals surface area contributed by atoms with Gasteiger partial charge in [-0.25, -0.2) is 0 Å². The van der Waals surface area contributed by atoms with E-state index < -0.39 is 6.04 Å². The average Bonchev–Trinajstić information content (AvgIpc) is 2.69. The van der Waals surface area contributed by atoms with E-state index in [2.05, 4.69) is 5.32 Å². The van der Waals surface area contributed by atoms with Gasteiger partial charge in [-0.05, 0) is 69.4 Å². The molecule has 0 radical (unpaired) electrons. The predicted molar refractivity (Wildman–Crippen MR) is 120 cm³/mol. The van der Waals surface area contributed by atoms with Crippen molar-refractivity contribution in [1.29, 1.82) is 0 Å². The number of carbonyl (C=O) groups is 2. The van der Waals surface area contributed by atoms with E-state index in [0.29, 0.717) is 18.7 Å². The molecule has 2 amide bonds. The maximum Gasteiger partial charge on any atom is 0.261 e. The number of carbonyl (C=O) groups excluding carboxylic acids is 2. The van der Waals surface area contributed by atoms with E-state index in [9.17, 15) is 9.59 Å². The summed E-state index contributed by atoms with van der Waals surface area (Å²) in [7, 11) is 0. The lowest BCUT2D eigenvalue weighted by Crippen LogP contribution is -2.51. The molecule has 2 aromatic rings. The van der Waals surface area contributed by atoms with E-state index in [1.54, 1.807) is 4.90 Å². The molecule has 0 saturated heterocycles. The monoisotopic (exact) mass is 410 g/mol. The number of rotatable bonds is 9. The summed E-state index contributed by atoms with van der Waals surface area (Å²) in [6.45, 7) is 12.0. The average molecular weight is 411 g/mol. The summed E-state index contributed by atoms with van der Waals surface area (Å²) >= 11 is 0. The molecule has 0 fully saturated rings. The van der Waals surface area contributed by atoms with Crippen LogP contribution in [0.2, 0.25) is 0 Å². The van der Waals surface area contributed by atoms with E-state index in [-0.39, 0.29) is 24.5 Å². The van der Waals surface area contributed by atoms with Crippen molar-refractivity contribution >= 4 is 11.8 Å². The molecule has 0 heterocycles. The Morgan fingerprint density at radius 3 is 2.37 bits per heavy atom. The lowest BCUT2D eigenvalue weighted by Gasteiger charge is -2.31. The third-order valence-electron chi connectivity index (χ3n) is 5.11. The van der Waals surface area contributed by atoms with E-state index in [0.717, 1.165) is 22.3 Å². The Morgan fingerprint density at radius 1 is 1.03 bits per heavy atom. The molecule has 0 unspecified atom stereocenters. The summed E-state index contributed by atoms with van der Waals surface area (Å²) in [5.74, 6) is 0.352. The molecule has 0 aromatic heterocycles. The molecule has 30 heavy (non-hydrogen) atoms. The fraction of sp³-hybridized carbons (Fsp3) is 0.440. The molecule has 1 atom stereocenters. The van der Waals surface area contributed by atoms with Crippen molar-refractivity contribution in [3.8, 4) is 5.75 Å². The summed E-state index contributed by atoms with van der Waals surface area (Å²) in [6.07, 6.45) is 0.527. The molecule has 0 bridgehead atoms. The normalized spacial score (nSPS) is 11.8. The first-order chi connectivity index (χ1) is 14.2. The second-order valence-electron chi connectivity index (χ2n) is 8.09. The first-order valence-electron chi connectivity index (χ1n) is 10.6. The fourth-order valence-electron chi connectivity index (χ4n) is 3.36. The van der Waals surface area contributed by atoms with Crippen molar-refractivity contribution in [2.75, 3.05) is 6.61 Å². The summed E-state index contributed by atoms with van der Waals surface area (Å²) < 4.78 is 5.86. The highest BCUT2D eigenvalue weighted by atomic mass is 16.5. The summed E-state index contributed by atoms with van der Waals surface area (Å²) in [5, 5.41) is 2.95. The van der Waals surface area contributed by atoms with Gasteiger partial charge >= 0.3 is 0 Å². The number of hydrogen-bond donors (Lipinski definition) is 1. The van der Waals surface area contributed by atoms with Crippen LogP contribution in [0, 0.1) is 20.8 Å². The van der Waals surface area contributed by atoms with Gasteiger partial charge in [-0.1, -0.05) is 43.3 Å². The lowest BCUT2D eigenvalue weighted by molar-refractivity contribution is -0.143. The maximum absolute atomic E-state index is 13.2. The highest BCUT2D eigenvalue weighted by Crippen LogP contribution is 2.20. The van der Waals surface area contributed by atoms with Gasteiger partial charge in [0.1, 0.15) is 11.8 Å². The van der Waals surface area contributed by atoms with Crippen LogP contribution in [0.5, 0.6) is 5.75 Å². The Bertz CT molecular complexity index is 876. The molecule has 0 aliphatic rings. The van der Waals surface area contributed by atoms with E-state index >= 15 is 0 Å². The number of amides is 2. The molecule has 0 spiro atoms. The third-order valence-corrected chi connectivity index (χ3v) is 5.11. The van der Waals surface area contributed by atoms with E-state index in [1.165, 1.54) is 0 Å². The SMILES string of the molecule is CC[C@H](C(=O)NC(C)C)N(Cc1ccccc1C)C(=O)COc1cc(C)ccc1C. The number of hydrogen-bond acceptors (Lipinski definition) is 3. The Balaban J connectivity index is 2.26. The topological polar surface area (TPSA) is 58.6 Å². The Labute approximate surface area is 180 Å². The van der Waals surface area contributed by atoms with Gasteiger partial charge in [0, 0.05) is 12.6 Å². The minimum Gasteiger partial charge on any atom is -0.483 e. The molecule has 5 nitrogen and oxygen atoms in total. The maximum atomic E-state index is 13.2. The van der Waals surface area contributed by atoms with Gasteiger partial charge < -0.3 is 15.0 Å². The van der Waals surface area contributed by atoms with Crippen molar-refractivity contribution in [3.63, 3.8) is 0 Å². The third kappa shape index (κ3) is 6.34. The standard InChI is InChI=1S/C25H34N2O3/c1-7-22(25(29)26-17(2)3)27(15-21-11-9-8-10-19(21)5)24(28)16-30-23-14-18(4)12-13-20(23)6/h8-14,17,22H,7,15-16H2,1-6H3,(H,26,29)/t22-/m1/s1. The van der Waals surface area contributed by atoms with Crippen LogP contribution in [0.15, 0.2) is 42.5 Å². The molecule has 5 heteroatoms. The Kier molecular flexibility index (Phi) is 8.46.